The van der Waals surface area contributed by atoms with Gasteiger partial charge in [0.05, 0.1) is 18.2 Å². The number of fused-ring (bicyclic) bond motifs is 2. The van der Waals surface area contributed by atoms with E-state index in [4.69, 9.17) is 16.3 Å². The first-order chi connectivity index (χ1) is 17.6. The second kappa shape index (κ2) is 9.88. The number of likely N-dealkylation sites (tertiary alicyclic amines) is 1. The van der Waals surface area contributed by atoms with Crippen molar-refractivity contribution in [1.82, 2.24) is 14.8 Å². The number of alkyl halides is 1. The van der Waals surface area contributed by atoms with Gasteiger partial charge in [0, 0.05) is 41.2 Å². The highest BCUT2D eigenvalue weighted by Gasteiger charge is 2.40. The van der Waals surface area contributed by atoms with E-state index in [1.54, 1.807) is 29.0 Å². The number of aromatic nitrogens is 1. The number of Topliss-reactive ketones (excluding diaryl/α,β-unsaturated/α-hetero) is 1. The van der Waals surface area contributed by atoms with E-state index in [0.29, 0.717) is 21.9 Å². The first-order valence-corrected chi connectivity index (χ1v) is 12.1. The second-order valence-corrected chi connectivity index (χ2v) is 9.69. The highest BCUT2D eigenvalue weighted by Crippen LogP contribution is 2.27. The van der Waals surface area contributed by atoms with Gasteiger partial charge >= 0.3 is 7.12 Å². The zero-order valence-electron chi connectivity index (χ0n) is 19.8. The van der Waals surface area contributed by atoms with Crippen LogP contribution in [-0.2, 0) is 33.9 Å². The van der Waals surface area contributed by atoms with Crippen molar-refractivity contribution in [2.45, 2.75) is 45.3 Å². The van der Waals surface area contributed by atoms with Crippen LogP contribution < -0.4 is 10.8 Å². The Morgan fingerprint density at radius 1 is 1.30 bits per heavy atom. The molecule has 0 bridgehead atoms. The molecule has 0 unspecified atom stereocenters. The van der Waals surface area contributed by atoms with Crippen molar-refractivity contribution in [3.8, 4) is 0 Å². The largest absolute Gasteiger partial charge is 0.491 e. The molecular formula is C25H23BClF2N3O5. The molecule has 8 nitrogen and oxygen atoms in total. The number of amides is 2. The lowest BCUT2D eigenvalue weighted by Gasteiger charge is -2.24. The fourth-order valence-corrected chi connectivity index (χ4v) is 5.15. The third kappa shape index (κ3) is 4.74. The van der Waals surface area contributed by atoms with E-state index < -0.39 is 37.0 Å². The number of nitrogens with one attached hydrogen (secondary N) is 1. The van der Waals surface area contributed by atoms with Crippen molar-refractivity contribution in [3.05, 3.63) is 64.1 Å². The summed E-state index contributed by atoms with van der Waals surface area (Å²) in [6.45, 7) is 0.939. The van der Waals surface area contributed by atoms with Crippen molar-refractivity contribution < 1.29 is 32.8 Å². The average Bonchev–Trinajstić information content (AvgIpc) is 3.54. The first kappa shape index (κ1) is 25.4. The molecule has 0 radical (unpaired) electrons. The van der Waals surface area contributed by atoms with Gasteiger partial charge in [-0.3, -0.25) is 14.4 Å². The van der Waals surface area contributed by atoms with Gasteiger partial charge in [-0.15, -0.1) is 0 Å². The van der Waals surface area contributed by atoms with Crippen molar-refractivity contribution in [2.75, 3.05) is 6.54 Å². The molecule has 37 heavy (non-hydrogen) atoms. The Morgan fingerprint density at radius 2 is 2.08 bits per heavy atom. The van der Waals surface area contributed by atoms with Crippen LogP contribution in [0.4, 0.5) is 8.78 Å². The summed E-state index contributed by atoms with van der Waals surface area (Å²) in [5.41, 5.74) is 2.40. The van der Waals surface area contributed by atoms with E-state index in [9.17, 15) is 28.2 Å². The molecular weight excluding hydrogens is 507 g/mol. The zero-order chi connectivity index (χ0) is 26.4. The molecule has 12 heteroatoms. The third-order valence-corrected chi connectivity index (χ3v) is 7.14. The summed E-state index contributed by atoms with van der Waals surface area (Å²) in [6.07, 6.45) is -0.0298. The maximum absolute atomic E-state index is 14.4. The summed E-state index contributed by atoms with van der Waals surface area (Å²) in [5, 5.41) is 13.2. The minimum absolute atomic E-state index is 0.0816. The zero-order valence-corrected chi connectivity index (χ0v) is 20.6. The molecule has 2 atom stereocenters. The van der Waals surface area contributed by atoms with Gasteiger partial charge in [-0.1, -0.05) is 23.7 Å². The quantitative estimate of drug-likeness (QED) is 0.376. The van der Waals surface area contributed by atoms with Gasteiger partial charge in [0.1, 0.15) is 24.6 Å². The Bertz CT molecular complexity index is 1430. The van der Waals surface area contributed by atoms with Gasteiger partial charge in [0.25, 0.3) is 0 Å². The third-order valence-electron chi connectivity index (χ3n) is 6.85. The van der Waals surface area contributed by atoms with Crippen LogP contribution in [0.15, 0.2) is 36.5 Å². The Balaban J connectivity index is 1.37. The molecule has 1 saturated heterocycles. The monoisotopic (exact) mass is 529 g/mol. The maximum Gasteiger partial charge on any atom is 0.491 e. The summed E-state index contributed by atoms with van der Waals surface area (Å²) < 4.78 is 35.4. The molecule has 2 aliphatic heterocycles. The molecule has 3 heterocycles. The number of carbonyl (C=O) groups is 3. The van der Waals surface area contributed by atoms with Gasteiger partial charge < -0.3 is 24.5 Å². The summed E-state index contributed by atoms with van der Waals surface area (Å²) in [7, 11) is -1.11. The molecule has 0 spiro atoms. The summed E-state index contributed by atoms with van der Waals surface area (Å²) in [4.78, 5) is 39.6. The Hall–Kier alpha value is -3.28. The van der Waals surface area contributed by atoms with E-state index in [-0.39, 0.29) is 49.0 Å². The van der Waals surface area contributed by atoms with Gasteiger partial charge in [-0.2, -0.15) is 0 Å². The van der Waals surface area contributed by atoms with Gasteiger partial charge in [0.15, 0.2) is 5.78 Å². The van der Waals surface area contributed by atoms with Crippen molar-refractivity contribution in [2.24, 2.45) is 0 Å². The molecule has 2 amide bonds. The van der Waals surface area contributed by atoms with E-state index >= 15 is 0 Å². The van der Waals surface area contributed by atoms with Crippen LogP contribution in [-0.4, -0.2) is 58.0 Å². The molecule has 3 aromatic rings. The van der Waals surface area contributed by atoms with E-state index in [0.717, 1.165) is 5.56 Å². The standard InChI is InChI=1S/C25H23BClF2N3O5/c1-13(33)18-10-31(21-7-19-15(5-17(18)21)12-37-26(19)36)11-23(34)32-9-16(28)6-22(32)25(35)30-8-14-3-2-4-20(27)24(14)29/h2-5,7,10,16,22,36H,6,8-9,11-12H2,1H3,(H,30,35)/t16-,22+/m1/s1. The Kier molecular flexibility index (Phi) is 6.78. The fraction of sp³-hybridized carbons (Fsp3) is 0.320. The van der Waals surface area contributed by atoms with Crippen LogP contribution >= 0.6 is 11.6 Å². The van der Waals surface area contributed by atoms with Crippen molar-refractivity contribution >= 4 is 52.7 Å². The van der Waals surface area contributed by atoms with Crippen LogP contribution in [0.1, 0.15) is 34.8 Å². The van der Waals surface area contributed by atoms with E-state index in [2.05, 4.69) is 5.32 Å². The summed E-state index contributed by atoms with van der Waals surface area (Å²) in [5.74, 6) is -1.98. The molecule has 5 rings (SSSR count). The van der Waals surface area contributed by atoms with Crippen LogP contribution in [0.3, 0.4) is 0 Å². The number of nitrogens with zero attached hydrogens (tertiary/aromatic N) is 2. The number of hydrogen-bond acceptors (Lipinski definition) is 5. The minimum atomic E-state index is -1.40. The lowest BCUT2D eigenvalue weighted by atomic mass is 9.79. The number of ketones is 1. The van der Waals surface area contributed by atoms with Crippen molar-refractivity contribution in [3.63, 3.8) is 0 Å². The Morgan fingerprint density at radius 3 is 2.84 bits per heavy atom. The van der Waals surface area contributed by atoms with Crippen LogP contribution in [0.2, 0.25) is 5.02 Å². The highest BCUT2D eigenvalue weighted by atomic mass is 35.5. The molecule has 1 fully saturated rings. The number of halogens is 3. The van der Waals surface area contributed by atoms with Gasteiger partial charge in [-0.25, -0.2) is 8.78 Å². The molecule has 0 aliphatic carbocycles. The van der Waals surface area contributed by atoms with E-state index in [1.165, 1.54) is 24.0 Å². The highest BCUT2D eigenvalue weighted by molar-refractivity contribution is 6.61. The smallest absolute Gasteiger partial charge is 0.423 e. The lowest BCUT2D eigenvalue weighted by Crippen LogP contribution is -2.46. The van der Waals surface area contributed by atoms with Crippen LogP contribution in [0.5, 0.6) is 0 Å². The van der Waals surface area contributed by atoms with Gasteiger partial charge in [0.2, 0.25) is 11.8 Å². The normalized spacial score (nSPS) is 18.9. The number of benzene rings is 2. The molecule has 0 saturated carbocycles. The minimum Gasteiger partial charge on any atom is -0.423 e. The Labute approximate surface area is 216 Å². The second-order valence-electron chi connectivity index (χ2n) is 9.28. The number of hydrogen-bond donors (Lipinski definition) is 2. The molecule has 192 valence electrons. The fourth-order valence-electron chi connectivity index (χ4n) is 4.95. The predicted octanol–water partition coefficient (Wildman–Crippen LogP) is 2.11. The first-order valence-electron chi connectivity index (χ1n) is 11.7. The number of carbonyl (C=O) groups excluding carboxylic acids is 3. The van der Waals surface area contributed by atoms with Crippen LogP contribution in [0.25, 0.3) is 10.9 Å². The van der Waals surface area contributed by atoms with Crippen molar-refractivity contribution in [1.29, 1.82) is 0 Å². The van der Waals surface area contributed by atoms with E-state index in [1.807, 2.05) is 0 Å². The average molecular weight is 530 g/mol. The molecule has 2 aliphatic rings. The summed E-state index contributed by atoms with van der Waals surface area (Å²) in [6, 6.07) is 6.77. The van der Waals surface area contributed by atoms with Crippen LogP contribution in [0, 0.1) is 5.82 Å². The lowest BCUT2D eigenvalue weighted by molar-refractivity contribution is -0.139. The molecule has 2 N–H and O–H groups in total. The maximum atomic E-state index is 14.4. The molecule has 1 aromatic heterocycles. The molecule has 2 aromatic carbocycles. The number of rotatable bonds is 6. The topological polar surface area (TPSA) is 101 Å². The van der Waals surface area contributed by atoms with Gasteiger partial charge in [-0.05, 0) is 36.1 Å². The SMILES string of the molecule is CC(=O)c1cn(CC(=O)N2C[C@H](F)C[C@H]2C(=O)NCc2cccc(Cl)c2F)c2cc3c(cc12)COB3O. The summed E-state index contributed by atoms with van der Waals surface area (Å²) >= 11 is 5.78. The predicted molar refractivity (Wildman–Crippen MR) is 133 cm³/mol.